The van der Waals surface area contributed by atoms with Crippen molar-refractivity contribution >= 4 is 23.3 Å². The smallest absolute Gasteiger partial charge is 0.258 e. The van der Waals surface area contributed by atoms with Gasteiger partial charge in [0.2, 0.25) is 5.56 Å². The zero-order chi connectivity index (χ0) is 15.7. The second kappa shape index (κ2) is 6.89. The van der Waals surface area contributed by atoms with Gasteiger partial charge in [0, 0.05) is 29.4 Å². The van der Waals surface area contributed by atoms with Gasteiger partial charge in [0.05, 0.1) is 5.56 Å². The minimum atomic E-state index is -0.399. The molecular formula is C15H16ClFN4O2. The molecule has 0 aliphatic rings. The Morgan fingerprint density at radius 1 is 1.39 bits per heavy atom. The van der Waals surface area contributed by atoms with Gasteiger partial charge in [0.15, 0.2) is 5.82 Å². The number of H-pyrrole nitrogens is 1. The molecule has 0 aliphatic carbocycles. The number of nitrogens with one attached hydrogen (secondary N) is 2. The fourth-order valence-corrected chi connectivity index (χ4v) is 2.23. The molecule has 2 aromatic heterocycles. The molecule has 122 valence electrons. The lowest BCUT2D eigenvalue weighted by molar-refractivity contribution is 0.418. The highest BCUT2D eigenvalue weighted by atomic mass is 35.5. The second-order valence-corrected chi connectivity index (χ2v) is 5.15. The van der Waals surface area contributed by atoms with Crippen LogP contribution in [0.1, 0.15) is 12.7 Å². The minimum absolute atomic E-state index is 0. The number of halogens is 2. The third-order valence-electron chi connectivity index (χ3n) is 3.49. The largest absolute Gasteiger partial charge is 0.334 e. The van der Waals surface area contributed by atoms with Gasteiger partial charge in [-0.3, -0.25) is 4.79 Å². The molecule has 1 unspecified atom stereocenters. The molecule has 0 fully saturated rings. The molecule has 0 bridgehead atoms. The third kappa shape index (κ3) is 3.57. The Hall–Kier alpha value is -2.25. The third-order valence-corrected chi connectivity index (χ3v) is 3.49. The molecule has 0 saturated carbocycles. The first kappa shape index (κ1) is 17.1. The molecule has 0 radical (unpaired) electrons. The quantitative estimate of drug-likeness (QED) is 0.762. The number of aromatic nitrogens is 3. The summed E-state index contributed by atoms with van der Waals surface area (Å²) in [6, 6.07) is 5.66. The highest BCUT2D eigenvalue weighted by Crippen LogP contribution is 2.25. The molecule has 3 aromatic rings. The van der Waals surface area contributed by atoms with E-state index in [0.717, 1.165) is 0 Å². The average Bonchev–Trinajstić information content (AvgIpc) is 2.95. The molecular weight excluding hydrogens is 323 g/mol. The maximum absolute atomic E-state index is 13.5. The average molecular weight is 339 g/mol. The summed E-state index contributed by atoms with van der Waals surface area (Å²) < 4.78 is 18.7. The molecule has 0 aliphatic heterocycles. The lowest BCUT2D eigenvalue weighted by Gasteiger charge is -2.05. The highest BCUT2D eigenvalue weighted by molar-refractivity contribution is 5.91. The van der Waals surface area contributed by atoms with Gasteiger partial charge in [0.25, 0.3) is 5.89 Å². The molecule has 0 amide bonds. The van der Waals surface area contributed by atoms with E-state index >= 15 is 0 Å². The lowest BCUT2D eigenvalue weighted by Crippen LogP contribution is -2.24. The number of hydrogen-bond donors (Lipinski definition) is 2. The normalized spacial score (nSPS) is 12.1. The Labute approximate surface area is 137 Å². The SMILES string of the molecule is CNC(C)Cc1noc(-c2cc(=O)[nH]c3ccc(F)cc23)n1.Cl. The second-order valence-electron chi connectivity index (χ2n) is 5.15. The van der Waals surface area contributed by atoms with E-state index in [1.54, 1.807) is 0 Å². The topological polar surface area (TPSA) is 83.8 Å². The number of rotatable bonds is 4. The van der Waals surface area contributed by atoms with E-state index in [4.69, 9.17) is 4.52 Å². The molecule has 1 atom stereocenters. The molecule has 0 saturated heterocycles. The van der Waals surface area contributed by atoms with Crippen LogP contribution in [0.3, 0.4) is 0 Å². The van der Waals surface area contributed by atoms with Crippen molar-refractivity contribution in [1.29, 1.82) is 0 Å². The zero-order valence-corrected chi connectivity index (χ0v) is 13.4. The van der Waals surface area contributed by atoms with Crippen LogP contribution < -0.4 is 10.9 Å². The number of aromatic amines is 1. The van der Waals surface area contributed by atoms with Crippen LogP contribution in [0, 0.1) is 5.82 Å². The Bertz CT molecular complexity index is 877. The summed E-state index contributed by atoms with van der Waals surface area (Å²) in [7, 11) is 1.85. The van der Waals surface area contributed by atoms with Crippen molar-refractivity contribution in [3.63, 3.8) is 0 Å². The molecule has 8 heteroatoms. The summed E-state index contributed by atoms with van der Waals surface area (Å²) in [6.07, 6.45) is 0.593. The predicted molar refractivity (Wildman–Crippen MR) is 87.3 cm³/mol. The molecule has 2 heterocycles. The zero-order valence-electron chi connectivity index (χ0n) is 12.6. The van der Waals surface area contributed by atoms with Crippen LogP contribution in [0.15, 0.2) is 33.6 Å². The summed E-state index contributed by atoms with van der Waals surface area (Å²) in [4.78, 5) is 18.7. The number of fused-ring (bicyclic) bond motifs is 1. The van der Waals surface area contributed by atoms with Gasteiger partial charge >= 0.3 is 0 Å². The molecule has 23 heavy (non-hydrogen) atoms. The Balaban J connectivity index is 0.00000192. The number of hydrogen-bond acceptors (Lipinski definition) is 5. The van der Waals surface area contributed by atoms with Gasteiger partial charge in [-0.1, -0.05) is 5.16 Å². The molecule has 2 N–H and O–H groups in total. The van der Waals surface area contributed by atoms with Crippen molar-refractivity contribution < 1.29 is 8.91 Å². The maximum Gasteiger partial charge on any atom is 0.258 e. The van der Waals surface area contributed by atoms with Crippen molar-refractivity contribution in [2.75, 3.05) is 7.05 Å². The molecule has 1 aromatic carbocycles. The molecule has 3 rings (SSSR count). The maximum atomic E-state index is 13.5. The summed E-state index contributed by atoms with van der Waals surface area (Å²) in [5.74, 6) is 0.339. The summed E-state index contributed by atoms with van der Waals surface area (Å²) >= 11 is 0. The van der Waals surface area contributed by atoms with E-state index in [2.05, 4.69) is 20.4 Å². The van der Waals surface area contributed by atoms with Crippen LogP contribution in [-0.2, 0) is 6.42 Å². The Morgan fingerprint density at radius 2 is 2.17 bits per heavy atom. The van der Waals surface area contributed by atoms with Gasteiger partial charge in [-0.05, 0) is 32.2 Å². The summed E-state index contributed by atoms with van der Waals surface area (Å²) in [5, 5.41) is 7.51. The van der Waals surface area contributed by atoms with Crippen LogP contribution in [0.4, 0.5) is 4.39 Å². The first-order chi connectivity index (χ1) is 10.6. The van der Waals surface area contributed by atoms with Gasteiger partial charge in [-0.25, -0.2) is 4.39 Å². The van der Waals surface area contributed by atoms with Crippen molar-refractivity contribution in [3.8, 4) is 11.5 Å². The van der Waals surface area contributed by atoms with Crippen molar-refractivity contribution in [2.24, 2.45) is 0 Å². The number of benzene rings is 1. The van der Waals surface area contributed by atoms with Crippen molar-refractivity contribution in [2.45, 2.75) is 19.4 Å². The van der Waals surface area contributed by atoms with E-state index in [1.165, 1.54) is 24.3 Å². The fraction of sp³-hybridized carbons (Fsp3) is 0.267. The van der Waals surface area contributed by atoms with Gasteiger partial charge < -0.3 is 14.8 Å². The predicted octanol–water partition coefficient (Wildman–Crippen LogP) is 2.29. The van der Waals surface area contributed by atoms with Crippen molar-refractivity contribution in [1.82, 2.24) is 20.4 Å². The summed E-state index contributed by atoms with van der Waals surface area (Å²) in [6.45, 7) is 1.99. The highest BCUT2D eigenvalue weighted by Gasteiger charge is 2.15. The molecule has 6 nitrogen and oxygen atoms in total. The Kier molecular flexibility index (Phi) is 5.12. The lowest BCUT2D eigenvalue weighted by atomic mass is 10.1. The first-order valence-electron chi connectivity index (χ1n) is 6.89. The van der Waals surface area contributed by atoms with Gasteiger partial charge in [-0.2, -0.15) is 4.98 Å². The van der Waals surface area contributed by atoms with E-state index in [0.29, 0.717) is 28.7 Å². The Morgan fingerprint density at radius 3 is 2.91 bits per heavy atom. The number of nitrogens with zero attached hydrogens (tertiary/aromatic N) is 2. The van der Waals surface area contributed by atoms with E-state index in [-0.39, 0.29) is 29.9 Å². The standard InChI is InChI=1S/C15H15FN4O2.ClH/c1-8(17-2)5-13-19-15(22-20-13)11-7-14(21)18-12-4-3-9(16)6-10(11)12;/h3-4,6-8,17H,5H2,1-2H3,(H,18,21);1H. The first-order valence-corrected chi connectivity index (χ1v) is 6.89. The van der Waals surface area contributed by atoms with Gasteiger partial charge in [-0.15, -0.1) is 12.4 Å². The van der Waals surface area contributed by atoms with E-state index in [9.17, 15) is 9.18 Å². The van der Waals surface area contributed by atoms with Crippen LogP contribution >= 0.6 is 12.4 Å². The van der Waals surface area contributed by atoms with Crippen LogP contribution in [-0.4, -0.2) is 28.2 Å². The number of likely N-dealkylation sites (N-methyl/N-ethyl adjacent to an activating group) is 1. The van der Waals surface area contributed by atoms with Crippen LogP contribution in [0.5, 0.6) is 0 Å². The van der Waals surface area contributed by atoms with Crippen LogP contribution in [0.25, 0.3) is 22.4 Å². The van der Waals surface area contributed by atoms with Crippen molar-refractivity contribution in [3.05, 3.63) is 46.3 Å². The van der Waals surface area contributed by atoms with Crippen LogP contribution in [0.2, 0.25) is 0 Å². The fourth-order valence-electron chi connectivity index (χ4n) is 2.23. The minimum Gasteiger partial charge on any atom is -0.334 e. The monoisotopic (exact) mass is 338 g/mol. The van der Waals surface area contributed by atoms with Gasteiger partial charge in [0.1, 0.15) is 5.82 Å². The number of pyridine rings is 1. The summed E-state index contributed by atoms with van der Waals surface area (Å²) in [5.41, 5.74) is 0.638. The molecule has 0 spiro atoms. The van der Waals surface area contributed by atoms with E-state index in [1.807, 2.05) is 14.0 Å². The van der Waals surface area contributed by atoms with E-state index < -0.39 is 5.82 Å².